The number of carbonyl (C=O) groups is 1. The van der Waals surface area contributed by atoms with Crippen LogP contribution in [0.5, 0.6) is 11.5 Å². The van der Waals surface area contributed by atoms with Gasteiger partial charge in [-0.3, -0.25) is 4.90 Å². The maximum Gasteiger partial charge on any atom is 0.414 e. The van der Waals surface area contributed by atoms with E-state index in [1.54, 1.807) is 17.0 Å². The van der Waals surface area contributed by atoms with Crippen LogP contribution in [0.3, 0.4) is 0 Å². The van der Waals surface area contributed by atoms with Crippen LogP contribution in [0.1, 0.15) is 18.9 Å². The van der Waals surface area contributed by atoms with Gasteiger partial charge in [0.25, 0.3) is 0 Å². The van der Waals surface area contributed by atoms with Crippen molar-refractivity contribution < 1.29 is 18.7 Å². The quantitative estimate of drug-likeness (QED) is 0.695. The molecule has 0 spiro atoms. The zero-order valence-electron chi connectivity index (χ0n) is 13.4. The number of ether oxygens (including phenoxy) is 2. The summed E-state index contributed by atoms with van der Waals surface area (Å²) in [4.78, 5) is 13.8. The molecule has 0 bridgehead atoms. The first-order chi connectivity index (χ1) is 11.5. The zero-order valence-corrected chi connectivity index (χ0v) is 15.0. The van der Waals surface area contributed by atoms with Crippen molar-refractivity contribution in [2.75, 3.05) is 12.0 Å². The molecule has 0 fully saturated rings. The van der Waals surface area contributed by atoms with E-state index >= 15 is 0 Å². The zero-order chi connectivity index (χ0) is 17.3. The maximum absolute atomic E-state index is 13.1. The van der Waals surface area contributed by atoms with Crippen LogP contribution in [0.4, 0.5) is 14.9 Å². The summed E-state index contributed by atoms with van der Waals surface area (Å²) in [7, 11) is 1.37. The Morgan fingerprint density at radius 1 is 1.25 bits per heavy atom. The van der Waals surface area contributed by atoms with Gasteiger partial charge in [-0.15, -0.1) is 0 Å². The number of halogens is 2. The summed E-state index contributed by atoms with van der Waals surface area (Å²) in [5.41, 5.74) is 1.71. The molecule has 0 aromatic heterocycles. The molecule has 0 saturated heterocycles. The first kappa shape index (κ1) is 16.8. The van der Waals surface area contributed by atoms with E-state index in [-0.39, 0.29) is 11.9 Å². The van der Waals surface area contributed by atoms with Crippen molar-refractivity contribution >= 4 is 27.7 Å². The van der Waals surface area contributed by atoms with Gasteiger partial charge in [-0.2, -0.15) is 0 Å². The lowest BCUT2D eigenvalue weighted by Gasteiger charge is -2.35. The number of hydrogen-bond acceptors (Lipinski definition) is 3. The highest BCUT2D eigenvalue weighted by Crippen LogP contribution is 2.43. The molecule has 4 nitrogen and oxygen atoms in total. The lowest BCUT2D eigenvalue weighted by molar-refractivity contribution is 0.175. The summed E-state index contributed by atoms with van der Waals surface area (Å²) in [6.07, 6.45) is 1.19. The highest BCUT2D eigenvalue weighted by Gasteiger charge is 2.31. The van der Waals surface area contributed by atoms with Gasteiger partial charge in [-0.25, -0.2) is 9.18 Å². The lowest BCUT2D eigenvalue weighted by Crippen LogP contribution is -2.42. The van der Waals surface area contributed by atoms with Gasteiger partial charge >= 0.3 is 6.09 Å². The molecule has 2 aromatic carbocycles. The predicted octanol–water partition coefficient (Wildman–Crippen LogP) is 5.29. The summed E-state index contributed by atoms with van der Waals surface area (Å²) < 4.78 is 24.7. The number of amides is 1. The van der Waals surface area contributed by atoms with Crippen molar-refractivity contribution in [3.8, 4) is 11.5 Å². The standard InChI is InChI=1S/C18H17BrFNO3/c1-11-3-8-14-16(21(11)18(22)23-2)10-9-15(19)17(14)24-13-6-4-12(20)5-7-13/h4-7,9-11H,3,8H2,1-2H3. The second-order valence-corrected chi connectivity index (χ2v) is 6.51. The van der Waals surface area contributed by atoms with Crippen LogP contribution in [0, 0.1) is 5.82 Å². The van der Waals surface area contributed by atoms with Crippen molar-refractivity contribution in [2.45, 2.75) is 25.8 Å². The van der Waals surface area contributed by atoms with Crippen LogP contribution >= 0.6 is 15.9 Å². The molecule has 1 aliphatic rings. The van der Waals surface area contributed by atoms with Crippen LogP contribution in [-0.2, 0) is 11.2 Å². The second-order valence-electron chi connectivity index (χ2n) is 5.66. The van der Waals surface area contributed by atoms with Gasteiger partial charge in [-0.1, -0.05) is 0 Å². The average molecular weight is 394 g/mol. The molecule has 1 unspecified atom stereocenters. The van der Waals surface area contributed by atoms with Gasteiger partial charge < -0.3 is 9.47 Å². The highest BCUT2D eigenvalue weighted by atomic mass is 79.9. The Balaban J connectivity index is 2.03. The van der Waals surface area contributed by atoms with E-state index in [0.29, 0.717) is 11.5 Å². The van der Waals surface area contributed by atoms with Gasteiger partial charge in [0.1, 0.15) is 17.3 Å². The molecule has 1 atom stereocenters. The molecular formula is C18H17BrFNO3. The molecule has 2 aromatic rings. The Morgan fingerprint density at radius 2 is 1.96 bits per heavy atom. The minimum atomic E-state index is -0.390. The third kappa shape index (κ3) is 3.11. The van der Waals surface area contributed by atoms with E-state index in [1.165, 1.54) is 19.2 Å². The molecule has 126 valence electrons. The van der Waals surface area contributed by atoms with Crippen LogP contribution in [0.15, 0.2) is 40.9 Å². The Labute approximate surface area is 148 Å². The van der Waals surface area contributed by atoms with Crippen LogP contribution in [0.2, 0.25) is 0 Å². The monoisotopic (exact) mass is 393 g/mol. The molecule has 6 heteroatoms. The number of hydrogen-bond donors (Lipinski definition) is 0. The van der Waals surface area contributed by atoms with Crippen molar-refractivity contribution in [2.24, 2.45) is 0 Å². The van der Waals surface area contributed by atoms with Gasteiger partial charge in [-0.05, 0) is 72.1 Å². The molecule has 1 aliphatic heterocycles. The van der Waals surface area contributed by atoms with Crippen LogP contribution in [0.25, 0.3) is 0 Å². The first-order valence-electron chi connectivity index (χ1n) is 7.63. The third-order valence-electron chi connectivity index (χ3n) is 4.11. The number of fused-ring (bicyclic) bond motifs is 1. The van der Waals surface area contributed by atoms with E-state index in [2.05, 4.69) is 15.9 Å². The normalized spacial score (nSPS) is 16.5. The number of carbonyl (C=O) groups excluding carboxylic acids is 1. The molecule has 0 N–H and O–H groups in total. The Morgan fingerprint density at radius 3 is 2.62 bits per heavy atom. The number of nitrogens with zero attached hydrogens (tertiary/aromatic N) is 1. The summed E-state index contributed by atoms with van der Waals surface area (Å²) in [6.45, 7) is 1.99. The maximum atomic E-state index is 13.1. The summed E-state index contributed by atoms with van der Waals surface area (Å²) in [5.74, 6) is 0.857. The number of benzene rings is 2. The van der Waals surface area contributed by atoms with E-state index in [1.807, 2.05) is 19.1 Å². The second kappa shape index (κ2) is 6.81. The van der Waals surface area contributed by atoms with Crippen molar-refractivity contribution in [3.05, 3.63) is 52.3 Å². The molecule has 1 heterocycles. The molecule has 1 amide bonds. The fourth-order valence-electron chi connectivity index (χ4n) is 2.88. The molecule has 3 rings (SSSR count). The van der Waals surface area contributed by atoms with E-state index in [9.17, 15) is 9.18 Å². The SMILES string of the molecule is COC(=O)N1c2ccc(Br)c(Oc3ccc(F)cc3)c2CCC1C. The number of rotatable bonds is 2. The van der Waals surface area contributed by atoms with E-state index < -0.39 is 6.09 Å². The van der Waals surface area contributed by atoms with Crippen LogP contribution < -0.4 is 9.64 Å². The van der Waals surface area contributed by atoms with Crippen molar-refractivity contribution in [1.29, 1.82) is 0 Å². The van der Waals surface area contributed by atoms with Gasteiger partial charge in [0.2, 0.25) is 0 Å². The van der Waals surface area contributed by atoms with E-state index in [4.69, 9.17) is 9.47 Å². The Bertz CT molecular complexity index is 764. The number of anilines is 1. The predicted molar refractivity (Wildman–Crippen MR) is 93.3 cm³/mol. The average Bonchev–Trinajstić information content (AvgIpc) is 2.58. The van der Waals surface area contributed by atoms with E-state index in [0.717, 1.165) is 28.6 Å². The fourth-order valence-corrected chi connectivity index (χ4v) is 3.34. The molecule has 0 saturated carbocycles. The largest absolute Gasteiger partial charge is 0.456 e. The summed E-state index contributed by atoms with van der Waals surface area (Å²) >= 11 is 3.50. The van der Waals surface area contributed by atoms with Gasteiger partial charge in [0.05, 0.1) is 17.3 Å². The summed E-state index contributed by atoms with van der Waals surface area (Å²) in [5, 5.41) is 0. The number of methoxy groups -OCH3 is 1. The minimum Gasteiger partial charge on any atom is -0.456 e. The lowest BCUT2D eigenvalue weighted by atomic mass is 9.96. The smallest absolute Gasteiger partial charge is 0.414 e. The minimum absolute atomic E-state index is 0.0461. The molecule has 0 aliphatic carbocycles. The molecular weight excluding hydrogens is 377 g/mol. The van der Waals surface area contributed by atoms with Crippen molar-refractivity contribution in [1.82, 2.24) is 0 Å². The third-order valence-corrected chi connectivity index (χ3v) is 4.73. The van der Waals surface area contributed by atoms with Crippen LogP contribution in [-0.4, -0.2) is 19.2 Å². The topological polar surface area (TPSA) is 38.8 Å². The Hall–Kier alpha value is -2.08. The highest BCUT2D eigenvalue weighted by molar-refractivity contribution is 9.10. The summed E-state index contributed by atoms with van der Waals surface area (Å²) in [6, 6.07) is 9.61. The van der Waals surface area contributed by atoms with Crippen molar-refractivity contribution in [3.63, 3.8) is 0 Å². The molecule has 24 heavy (non-hydrogen) atoms. The Kier molecular flexibility index (Phi) is 4.76. The first-order valence-corrected chi connectivity index (χ1v) is 8.42. The van der Waals surface area contributed by atoms with Gasteiger partial charge in [0.15, 0.2) is 0 Å². The fraction of sp³-hybridized carbons (Fsp3) is 0.278. The van der Waals surface area contributed by atoms with Gasteiger partial charge in [0, 0.05) is 11.6 Å². The molecule has 0 radical (unpaired) electrons.